The van der Waals surface area contributed by atoms with Crippen LogP contribution in [0.1, 0.15) is 19.4 Å². The molecule has 1 saturated heterocycles. The Hall–Kier alpha value is -2.15. The number of anilines is 1. The maximum absolute atomic E-state index is 5.54. The van der Waals surface area contributed by atoms with Crippen molar-refractivity contribution in [2.75, 3.05) is 51.2 Å². The number of aromatic nitrogens is 1. The van der Waals surface area contributed by atoms with E-state index in [0.29, 0.717) is 12.6 Å². The molecule has 6 heteroatoms. The molecule has 3 aromatic rings. The highest BCUT2D eigenvalue weighted by atomic mass is 32.1. The second kappa shape index (κ2) is 10.2. The third-order valence-electron chi connectivity index (χ3n) is 5.61. The summed E-state index contributed by atoms with van der Waals surface area (Å²) in [5, 5.41) is 4.42. The Morgan fingerprint density at radius 1 is 1.07 bits per heavy atom. The molecule has 1 atom stereocenters. The first-order valence-corrected chi connectivity index (χ1v) is 11.8. The van der Waals surface area contributed by atoms with Crippen molar-refractivity contribution in [2.45, 2.75) is 26.3 Å². The number of ether oxygens (including phenoxy) is 1. The molecule has 1 fully saturated rings. The molecule has 0 amide bonds. The fourth-order valence-electron chi connectivity index (χ4n) is 4.02. The minimum absolute atomic E-state index is 0.401. The zero-order valence-electron chi connectivity index (χ0n) is 18.0. The Bertz CT molecular complexity index is 921. The Labute approximate surface area is 183 Å². The summed E-state index contributed by atoms with van der Waals surface area (Å²) in [7, 11) is 0. The monoisotopic (exact) mass is 424 g/mol. The Morgan fingerprint density at radius 3 is 2.60 bits per heavy atom. The summed E-state index contributed by atoms with van der Waals surface area (Å²) in [6.45, 7) is 11.7. The first-order valence-electron chi connectivity index (χ1n) is 11.0. The lowest BCUT2D eigenvalue weighted by Crippen LogP contribution is -2.49. The summed E-state index contributed by atoms with van der Waals surface area (Å²) in [5.41, 5.74) is 3.60. The van der Waals surface area contributed by atoms with Crippen molar-refractivity contribution in [1.29, 1.82) is 0 Å². The molecule has 2 heterocycles. The fraction of sp³-hybridized carbons (Fsp3) is 0.458. The molecule has 1 N–H and O–H groups in total. The number of nitrogens with zero attached hydrogens (tertiary/aromatic N) is 3. The molecule has 30 heavy (non-hydrogen) atoms. The van der Waals surface area contributed by atoms with Gasteiger partial charge >= 0.3 is 0 Å². The van der Waals surface area contributed by atoms with Gasteiger partial charge in [-0.25, -0.2) is 4.98 Å². The average Bonchev–Trinajstić information content (AvgIpc) is 3.16. The molecule has 0 spiro atoms. The van der Waals surface area contributed by atoms with Crippen molar-refractivity contribution in [3.63, 3.8) is 0 Å². The molecule has 160 valence electrons. The van der Waals surface area contributed by atoms with Crippen LogP contribution in [0.2, 0.25) is 0 Å². The summed E-state index contributed by atoms with van der Waals surface area (Å²) in [5.74, 6) is 0. The van der Waals surface area contributed by atoms with E-state index in [-0.39, 0.29) is 0 Å². The van der Waals surface area contributed by atoms with Gasteiger partial charge in [0.05, 0.1) is 16.8 Å². The van der Waals surface area contributed by atoms with Crippen LogP contribution in [-0.4, -0.2) is 66.7 Å². The van der Waals surface area contributed by atoms with E-state index in [1.807, 2.05) is 6.92 Å². The van der Waals surface area contributed by atoms with Gasteiger partial charge in [0.2, 0.25) is 0 Å². The molecular formula is C24H32N4OS. The number of piperazine rings is 1. The van der Waals surface area contributed by atoms with E-state index in [1.54, 1.807) is 11.3 Å². The molecule has 1 aliphatic rings. The van der Waals surface area contributed by atoms with Gasteiger partial charge in [0.1, 0.15) is 0 Å². The van der Waals surface area contributed by atoms with E-state index < -0.39 is 0 Å². The maximum atomic E-state index is 5.54. The lowest BCUT2D eigenvalue weighted by Gasteiger charge is -2.36. The van der Waals surface area contributed by atoms with Gasteiger partial charge < -0.3 is 15.0 Å². The average molecular weight is 425 g/mol. The van der Waals surface area contributed by atoms with Gasteiger partial charge in [0.25, 0.3) is 5.19 Å². The minimum Gasteiger partial charge on any atom is -0.470 e. The van der Waals surface area contributed by atoms with Crippen molar-refractivity contribution in [3.8, 4) is 5.19 Å². The Kier molecular flexibility index (Phi) is 7.20. The standard InChI is InChI=1S/C24H32N4OS/c1-3-29-24-26-22-10-9-21(17-23(22)30-24)25-19(2)18-28-15-13-27(14-16-28)12-11-20-7-5-4-6-8-20/h4-10,17,19,25H,3,11-16,18H2,1-2H3/t19-/m1/s1. The van der Waals surface area contributed by atoms with Gasteiger partial charge in [-0.2, -0.15) is 0 Å². The molecule has 0 radical (unpaired) electrons. The molecule has 0 bridgehead atoms. The SMILES string of the molecule is CCOc1nc2ccc(N[C@H](C)CN3CCN(CCc4ccccc4)CC3)cc2s1. The number of benzene rings is 2. The molecule has 1 aromatic heterocycles. The number of nitrogens with one attached hydrogen (secondary N) is 1. The molecule has 0 unspecified atom stereocenters. The van der Waals surface area contributed by atoms with Gasteiger partial charge in [-0.1, -0.05) is 41.7 Å². The highest BCUT2D eigenvalue weighted by Crippen LogP contribution is 2.30. The van der Waals surface area contributed by atoms with Crippen LogP contribution in [0, 0.1) is 0 Å². The van der Waals surface area contributed by atoms with Crippen LogP contribution in [0.5, 0.6) is 5.19 Å². The molecule has 1 aliphatic heterocycles. The van der Waals surface area contributed by atoms with Crippen LogP contribution in [-0.2, 0) is 6.42 Å². The smallest absolute Gasteiger partial charge is 0.274 e. The van der Waals surface area contributed by atoms with Gasteiger partial charge in [-0.05, 0) is 44.0 Å². The van der Waals surface area contributed by atoms with E-state index >= 15 is 0 Å². The van der Waals surface area contributed by atoms with Gasteiger partial charge in [0, 0.05) is 51.0 Å². The zero-order chi connectivity index (χ0) is 20.8. The Balaban J connectivity index is 1.22. The molecule has 0 saturated carbocycles. The second-order valence-electron chi connectivity index (χ2n) is 8.02. The number of hydrogen-bond acceptors (Lipinski definition) is 6. The Morgan fingerprint density at radius 2 is 1.83 bits per heavy atom. The summed E-state index contributed by atoms with van der Waals surface area (Å²) in [6.07, 6.45) is 1.14. The lowest BCUT2D eigenvalue weighted by molar-refractivity contribution is 0.131. The lowest BCUT2D eigenvalue weighted by atomic mass is 10.1. The molecule has 5 nitrogen and oxygen atoms in total. The zero-order valence-corrected chi connectivity index (χ0v) is 18.8. The van der Waals surface area contributed by atoms with Gasteiger partial charge in [0.15, 0.2) is 0 Å². The largest absolute Gasteiger partial charge is 0.470 e. The highest BCUT2D eigenvalue weighted by Gasteiger charge is 2.18. The molecular weight excluding hydrogens is 392 g/mol. The van der Waals surface area contributed by atoms with Crippen molar-refractivity contribution < 1.29 is 4.74 Å². The first-order chi connectivity index (χ1) is 14.7. The van der Waals surface area contributed by atoms with Crippen LogP contribution in [0.3, 0.4) is 0 Å². The molecule has 0 aliphatic carbocycles. The van der Waals surface area contributed by atoms with Crippen LogP contribution >= 0.6 is 11.3 Å². The summed E-state index contributed by atoms with van der Waals surface area (Å²) in [6, 6.07) is 17.6. The van der Waals surface area contributed by atoms with Crippen LogP contribution in [0.4, 0.5) is 5.69 Å². The quantitative estimate of drug-likeness (QED) is 0.553. The number of thiazole rings is 1. The van der Waals surface area contributed by atoms with Crippen molar-refractivity contribution >= 4 is 27.2 Å². The van der Waals surface area contributed by atoms with Crippen LogP contribution in [0.15, 0.2) is 48.5 Å². The first kappa shape index (κ1) is 21.1. The maximum Gasteiger partial charge on any atom is 0.274 e. The van der Waals surface area contributed by atoms with E-state index in [4.69, 9.17) is 4.74 Å². The number of fused-ring (bicyclic) bond motifs is 1. The van der Waals surface area contributed by atoms with Crippen LogP contribution in [0.25, 0.3) is 10.2 Å². The van der Waals surface area contributed by atoms with E-state index in [1.165, 1.54) is 10.3 Å². The van der Waals surface area contributed by atoms with E-state index in [2.05, 4.69) is 75.6 Å². The third-order valence-corrected chi connectivity index (χ3v) is 6.54. The summed E-state index contributed by atoms with van der Waals surface area (Å²) >= 11 is 1.61. The third kappa shape index (κ3) is 5.72. The summed E-state index contributed by atoms with van der Waals surface area (Å²) < 4.78 is 6.71. The predicted molar refractivity (Wildman–Crippen MR) is 127 cm³/mol. The predicted octanol–water partition coefficient (Wildman–Crippen LogP) is 4.36. The highest BCUT2D eigenvalue weighted by molar-refractivity contribution is 7.20. The van der Waals surface area contributed by atoms with Crippen molar-refractivity contribution in [3.05, 3.63) is 54.1 Å². The number of rotatable bonds is 9. The fourth-order valence-corrected chi connectivity index (χ4v) is 4.94. The molecule has 4 rings (SSSR count). The second-order valence-corrected chi connectivity index (χ2v) is 9.01. The minimum atomic E-state index is 0.401. The van der Waals surface area contributed by atoms with Gasteiger partial charge in [-0.3, -0.25) is 4.90 Å². The topological polar surface area (TPSA) is 40.6 Å². The van der Waals surface area contributed by atoms with Crippen molar-refractivity contribution in [1.82, 2.24) is 14.8 Å². The normalized spacial score (nSPS) is 16.6. The summed E-state index contributed by atoms with van der Waals surface area (Å²) in [4.78, 5) is 9.68. The van der Waals surface area contributed by atoms with E-state index in [0.717, 1.165) is 62.1 Å². The van der Waals surface area contributed by atoms with E-state index in [9.17, 15) is 0 Å². The number of hydrogen-bond donors (Lipinski definition) is 1. The molecule has 2 aromatic carbocycles. The van der Waals surface area contributed by atoms with Crippen molar-refractivity contribution in [2.24, 2.45) is 0 Å². The van der Waals surface area contributed by atoms with Crippen LogP contribution < -0.4 is 10.1 Å². The van der Waals surface area contributed by atoms with Gasteiger partial charge in [-0.15, -0.1) is 0 Å².